The van der Waals surface area contributed by atoms with E-state index in [1.807, 2.05) is 42.5 Å². The fourth-order valence-electron chi connectivity index (χ4n) is 2.24. The average Bonchev–Trinajstić information content (AvgIpc) is 2.67. The fourth-order valence-corrected chi connectivity index (χ4v) is 2.24. The van der Waals surface area contributed by atoms with Crippen LogP contribution in [0.4, 0.5) is 0 Å². The summed E-state index contributed by atoms with van der Waals surface area (Å²) in [4.78, 5) is 16.0. The summed E-state index contributed by atoms with van der Waals surface area (Å²) in [5, 5.41) is 13.1. The van der Waals surface area contributed by atoms with Crippen molar-refractivity contribution < 1.29 is 14.3 Å². The van der Waals surface area contributed by atoms with E-state index in [0.717, 1.165) is 5.56 Å². The Morgan fingerprint density at radius 1 is 1.37 bits per heavy atom. The van der Waals surface area contributed by atoms with Gasteiger partial charge in [-0.05, 0) is 24.6 Å². The van der Waals surface area contributed by atoms with E-state index < -0.39 is 5.91 Å². The van der Waals surface area contributed by atoms with Crippen molar-refractivity contribution in [3.8, 4) is 11.9 Å². The highest BCUT2D eigenvalue weighted by Gasteiger charge is 2.14. The third kappa shape index (κ3) is 6.38. The first-order valence-corrected chi connectivity index (χ1v) is 8.20. The van der Waals surface area contributed by atoms with Crippen LogP contribution in [0.1, 0.15) is 22.4 Å². The quantitative estimate of drug-likeness (QED) is 0.574. The van der Waals surface area contributed by atoms with Gasteiger partial charge in [0.1, 0.15) is 11.6 Å². The number of allylic oxidation sites excluding steroid dienone is 1. The van der Waals surface area contributed by atoms with E-state index in [0.29, 0.717) is 11.3 Å². The molecule has 0 aliphatic heterocycles. The van der Waals surface area contributed by atoms with E-state index in [9.17, 15) is 10.1 Å². The van der Waals surface area contributed by atoms with E-state index in [2.05, 4.69) is 15.5 Å². The first kappa shape index (κ1) is 19.8. The Bertz CT molecular complexity index is 871. The number of methoxy groups -OCH3 is 1. The van der Waals surface area contributed by atoms with E-state index in [-0.39, 0.29) is 24.7 Å². The zero-order valence-corrected chi connectivity index (χ0v) is 15.2. The van der Waals surface area contributed by atoms with Crippen molar-refractivity contribution in [3.63, 3.8) is 0 Å². The maximum Gasteiger partial charge on any atom is 0.278 e. The number of amides is 1. The van der Waals surface area contributed by atoms with Crippen molar-refractivity contribution in [2.75, 3.05) is 13.7 Å². The maximum absolute atomic E-state index is 11.8. The third-order valence-electron chi connectivity index (χ3n) is 3.39. The Hall–Kier alpha value is -3.50. The lowest BCUT2D eigenvalue weighted by atomic mass is 10.1. The van der Waals surface area contributed by atoms with Gasteiger partial charge in [-0.2, -0.15) is 10.4 Å². The number of hydrazone groups is 1. The molecular weight excluding hydrogens is 344 g/mol. The fraction of sp³-hybridized carbons (Fsp3) is 0.200. The summed E-state index contributed by atoms with van der Waals surface area (Å²) in [6, 6.07) is 13.5. The lowest BCUT2D eigenvalue weighted by Crippen LogP contribution is -2.25. The van der Waals surface area contributed by atoms with E-state index in [1.165, 1.54) is 13.3 Å². The van der Waals surface area contributed by atoms with Gasteiger partial charge in [-0.25, -0.2) is 10.4 Å². The van der Waals surface area contributed by atoms with Crippen molar-refractivity contribution in [3.05, 3.63) is 64.9 Å². The van der Waals surface area contributed by atoms with Gasteiger partial charge < -0.3 is 9.47 Å². The first-order chi connectivity index (χ1) is 13.1. The minimum Gasteiger partial charge on any atom is -0.467 e. The number of hydrogen-bond donors (Lipinski definition) is 1. The molecule has 0 bridgehead atoms. The summed E-state index contributed by atoms with van der Waals surface area (Å²) >= 11 is 0. The SMILES string of the molecule is COCc1cc(C)nc(OCC(=O)NN=C/C=C/c2ccccc2)c1C#N. The van der Waals surface area contributed by atoms with Crippen LogP contribution in [0.15, 0.2) is 47.6 Å². The number of hydrogen-bond acceptors (Lipinski definition) is 6. The summed E-state index contributed by atoms with van der Waals surface area (Å²) < 4.78 is 10.5. The van der Waals surface area contributed by atoms with Crippen LogP contribution >= 0.6 is 0 Å². The molecule has 0 unspecified atom stereocenters. The molecule has 138 valence electrons. The Morgan fingerprint density at radius 2 is 2.15 bits per heavy atom. The van der Waals surface area contributed by atoms with Crippen LogP contribution in [0, 0.1) is 18.3 Å². The Balaban J connectivity index is 1.89. The molecule has 1 aromatic heterocycles. The van der Waals surface area contributed by atoms with Gasteiger partial charge in [-0.15, -0.1) is 0 Å². The normalized spacial score (nSPS) is 10.9. The number of rotatable bonds is 8. The van der Waals surface area contributed by atoms with Crippen LogP contribution in [0.5, 0.6) is 5.88 Å². The lowest BCUT2D eigenvalue weighted by Gasteiger charge is -2.10. The minimum absolute atomic E-state index is 0.104. The topological polar surface area (TPSA) is 96.6 Å². The monoisotopic (exact) mass is 364 g/mol. The molecule has 0 spiro atoms. The Labute approximate surface area is 157 Å². The molecule has 1 heterocycles. The zero-order valence-electron chi connectivity index (χ0n) is 15.2. The van der Waals surface area contributed by atoms with E-state index in [1.54, 1.807) is 19.1 Å². The number of aromatic nitrogens is 1. The molecule has 0 fully saturated rings. The largest absolute Gasteiger partial charge is 0.467 e. The molecule has 1 amide bonds. The molecule has 0 radical (unpaired) electrons. The van der Waals surface area contributed by atoms with Crippen molar-refractivity contribution in [1.82, 2.24) is 10.4 Å². The number of nitrogens with one attached hydrogen (secondary N) is 1. The standard InChI is InChI=1S/C20H20N4O3/c1-15-11-17(13-26-2)18(12-21)20(23-15)27-14-19(25)24-22-10-6-9-16-7-4-3-5-8-16/h3-11H,13-14H2,1-2H3,(H,24,25)/b9-6+,22-10?. The maximum atomic E-state index is 11.8. The number of pyridine rings is 1. The summed E-state index contributed by atoms with van der Waals surface area (Å²) in [5.74, 6) is -0.354. The van der Waals surface area contributed by atoms with Gasteiger partial charge in [-0.3, -0.25) is 4.79 Å². The Morgan fingerprint density at radius 3 is 2.85 bits per heavy atom. The molecule has 7 heteroatoms. The minimum atomic E-state index is -0.458. The molecule has 0 aliphatic carbocycles. The summed E-state index contributed by atoms with van der Waals surface area (Å²) in [6.45, 7) is 1.72. The molecule has 1 aromatic carbocycles. The van der Waals surface area contributed by atoms with Crippen molar-refractivity contribution in [2.45, 2.75) is 13.5 Å². The summed E-state index contributed by atoms with van der Waals surface area (Å²) in [6.07, 6.45) is 5.04. The van der Waals surface area contributed by atoms with Crippen LogP contribution < -0.4 is 10.2 Å². The highest BCUT2D eigenvalue weighted by molar-refractivity contribution is 5.82. The number of carbonyl (C=O) groups excluding carboxylic acids is 1. The third-order valence-corrected chi connectivity index (χ3v) is 3.39. The van der Waals surface area contributed by atoms with Crippen molar-refractivity contribution in [1.29, 1.82) is 5.26 Å². The van der Waals surface area contributed by atoms with Crippen molar-refractivity contribution >= 4 is 18.2 Å². The number of benzene rings is 1. The summed E-state index contributed by atoms with van der Waals surface area (Å²) in [7, 11) is 1.54. The smallest absolute Gasteiger partial charge is 0.278 e. The molecule has 0 saturated heterocycles. The molecule has 0 atom stereocenters. The van der Waals surface area contributed by atoms with Gasteiger partial charge in [0, 0.05) is 24.6 Å². The van der Waals surface area contributed by atoms with Crippen LogP contribution in [0.2, 0.25) is 0 Å². The van der Waals surface area contributed by atoms with Crippen LogP contribution in [0.3, 0.4) is 0 Å². The molecule has 27 heavy (non-hydrogen) atoms. The van der Waals surface area contributed by atoms with Crippen LogP contribution in [-0.2, 0) is 16.1 Å². The van der Waals surface area contributed by atoms with E-state index in [4.69, 9.17) is 9.47 Å². The van der Waals surface area contributed by atoms with Gasteiger partial charge in [0.05, 0.1) is 6.61 Å². The zero-order chi connectivity index (χ0) is 19.5. The van der Waals surface area contributed by atoms with Gasteiger partial charge in [-0.1, -0.05) is 36.4 Å². The van der Waals surface area contributed by atoms with Crippen LogP contribution in [-0.4, -0.2) is 30.8 Å². The second-order valence-electron chi connectivity index (χ2n) is 5.52. The number of nitriles is 1. The molecule has 2 rings (SSSR count). The van der Waals surface area contributed by atoms with E-state index >= 15 is 0 Å². The number of nitrogens with zero attached hydrogens (tertiary/aromatic N) is 3. The molecule has 2 aromatic rings. The molecule has 7 nitrogen and oxygen atoms in total. The lowest BCUT2D eigenvalue weighted by molar-refractivity contribution is -0.123. The highest BCUT2D eigenvalue weighted by atomic mass is 16.5. The van der Waals surface area contributed by atoms with Gasteiger partial charge in [0.15, 0.2) is 6.61 Å². The van der Waals surface area contributed by atoms with Gasteiger partial charge in [0.25, 0.3) is 5.91 Å². The van der Waals surface area contributed by atoms with Gasteiger partial charge >= 0.3 is 0 Å². The number of carbonyl (C=O) groups is 1. The molecule has 0 saturated carbocycles. The second-order valence-corrected chi connectivity index (χ2v) is 5.52. The molecule has 1 N–H and O–H groups in total. The van der Waals surface area contributed by atoms with Crippen molar-refractivity contribution in [2.24, 2.45) is 5.10 Å². The molecular formula is C20H20N4O3. The summed E-state index contributed by atoms with van der Waals surface area (Å²) in [5.41, 5.74) is 4.96. The van der Waals surface area contributed by atoms with Crippen LogP contribution in [0.25, 0.3) is 6.08 Å². The predicted molar refractivity (Wildman–Crippen MR) is 102 cm³/mol. The highest BCUT2D eigenvalue weighted by Crippen LogP contribution is 2.21. The number of ether oxygens (including phenoxy) is 2. The Kier molecular flexibility index (Phi) is 7.69. The molecule has 0 aliphatic rings. The van der Waals surface area contributed by atoms with Gasteiger partial charge in [0.2, 0.25) is 5.88 Å². The first-order valence-electron chi connectivity index (χ1n) is 8.20. The number of aryl methyl sites for hydroxylation is 1. The average molecular weight is 364 g/mol. The predicted octanol–water partition coefficient (Wildman–Crippen LogP) is 2.60. The second kappa shape index (κ2) is 10.5.